The predicted molar refractivity (Wildman–Crippen MR) is 120 cm³/mol. The number of morpholine rings is 1. The third-order valence-electron chi connectivity index (χ3n) is 6.06. The highest BCUT2D eigenvalue weighted by molar-refractivity contribution is 5.89. The fourth-order valence-electron chi connectivity index (χ4n) is 4.77. The van der Waals surface area contributed by atoms with Gasteiger partial charge in [0.1, 0.15) is 12.0 Å². The molecule has 5 heterocycles. The lowest BCUT2D eigenvalue weighted by molar-refractivity contribution is -0.0705. The summed E-state index contributed by atoms with van der Waals surface area (Å²) in [6.45, 7) is 7.21. The number of hydrogen-bond acceptors (Lipinski definition) is 8. The van der Waals surface area contributed by atoms with E-state index in [2.05, 4.69) is 34.9 Å². The maximum Gasteiger partial charge on any atom is 0.352 e. The van der Waals surface area contributed by atoms with Crippen molar-refractivity contribution >= 4 is 16.7 Å². The standard InChI is InChI=1S/C23H24N6O4/c1-14-8-27(9-15(2)33-14)10-17-5-18-21(24-7-17)28(23(30)29-22(18)25-12-26-29)11-16-3-4-19-20(6-16)32-13-31-19/h3-7,12,14-15H,8-11,13H2,1-2H3/t14-,15+. The second kappa shape index (κ2) is 7.82. The van der Waals surface area contributed by atoms with Crippen LogP contribution in [0.5, 0.6) is 11.5 Å². The molecule has 1 fully saturated rings. The molecule has 6 rings (SSSR count). The van der Waals surface area contributed by atoms with E-state index in [1.54, 1.807) is 4.57 Å². The van der Waals surface area contributed by atoms with Crippen molar-refractivity contribution in [2.24, 2.45) is 0 Å². The van der Waals surface area contributed by atoms with E-state index in [1.165, 1.54) is 10.8 Å². The average molecular weight is 448 g/mol. The summed E-state index contributed by atoms with van der Waals surface area (Å²) >= 11 is 0. The van der Waals surface area contributed by atoms with Gasteiger partial charge in [-0.15, -0.1) is 0 Å². The molecule has 0 bridgehead atoms. The summed E-state index contributed by atoms with van der Waals surface area (Å²) in [5.41, 5.74) is 2.76. The maximum absolute atomic E-state index is 13.2. The van der Waals surface area contributed by atoms with Gasteiger partial charge in [0.2, 0.25) is 6.79 Å². The van der Waals surface area contributed by atoms with Crippen molar-refractivity contribution in [2.75, 3.05) is 19.9 Å². The minimum atomic E-state index is -0.288. The molecule has 0 unspecified atom stereocenters. The number of nitrogens with zero attached hydrogens (tertiary/aromatic N) is 6. The fourth-order valence-corrected chi connectivity index (χ4v) is 4.77. The molecule has 0 saturated carbocycles. The summed E-state index contributed by atoms with van der Waals surface area (Å²) in [5, 5.41) is 4.96. The molecule has 1 aromatic carbocycles. The van der Waals surface area contributed by atoms with E-state index in [-0.39, 0.29) is 24.7 Å². The van der Waals surface area contributed by atoms with Crippen LogP contribution in [-0.2, 0) is 17.8 Å². The van der Waals surface area contributed by atoms with Crippen molar-refractivity contribution in [1.82, 2.24) is 29.0 Å². The quantitative estimate of drug-likeness (QED) is 0.467. The highest BCUT2D eigenvalue weighted by atomic mass is 16.7. The molecule has 2 atom stereocenters. The van der Waals surface area contributed by atoms with Gasteiger partial charge in [0.25, 0.3) is 0 Å². The molecule has 10 heteroatoms. The summed E-state index contributed by atoms with van der Waals surface area (Å²) < 4.78 is 19.7. The van der Waals surface area contributed by atoms with Crippen LogP contribution < -0.4 is 15.2 Å². The van der Waals surface area contributed by atoms with E-state index in [4.69, 9.17) is 19.2 Å². The topological polar surface area (TPSA) is 96.0 Å². The van der Waals surface area contributed by atoms with E-state index in [0.29, 0.717) is 29.3 Å². The van der Waals surface area contributed by atoms with Crippen molar-refractivity contribution in [1.29, 1.82) is 0 Å². The van der Waals surface area contributed by atoms with Crippen LogP contribution in [0.4, 0.5) is 0 Å². The lowest BCUT2D eigenvalue weighted by Crippen LogP contribution is -2.44. The van der Waals surface area contributed by atoms with Crippen LogP contribution in [0.2, 0.25) is 0 Å². The highest BCUT2D eigenvalue weighted by Gasteiger charge is 2.23. The number of ether oxygens (including phenoxy) is 3. The van der Waals surface area contributed by atoms with E-state index >= 15 is 0 Å². The number of hydrogen-bond donors (Lipinski definition) is 0. The van der Waals surface area contributed by atoms with E-state index in [0.717, 1.165) is 36.1 Å². The summed E-state index contributed by atoms with van der Waals surface area (Å²) in [5.74, 6) is 1.38. The molecule has 2 aliphatic rings. The van der Waals surface area contributed by atoms with Gasteiger partial charge in [-0.3, -0.25) is 9.47 Å². The Morgan fingerprint density at radius 3 is 2.64 bits per heavy atom. The molecule has 0 spiro atoms. The Morgan fingerprint density at radius 1 is 0.970 bits per heavy atom. The molecular weight excluding hydrogens is 424 g/mol. The molecule has 2 aliphatic heterocycles. The van der Waals surface area contributed by atoms with E-state index in [1.807, 2.05) is 24.4 Å². The molecule has 170 valence electrons. The number of pyridine rings is 1. The van der Waals surface area contributed by atoms with Crippen LogP contribution in [0.25, 0.3) is 16.7 Å². The van der Waals surface area contributed by atoms with Crippen molar-refractivity contribution in [2.45, 2.75) is 39.1 Å². The molecule has 0 N–H and O–H groups in total. The fraction of sp³-hybridized carbons (Fsp3) is 0.391. The molecule has 4 aromatic rings. The van der Waals surface area contributed by atoms with Crippen LogP contribution in [0, 0.1) is 0 Å². The Hall–Kier alpha value is -3.50. The number of rotatable bonds is 4. The smallest absolute Gasteiger partial charge is 0.352 e. The Balaban J connectivity index is 1.41. The zero-order chi connectivity index (χ0) is 22.5. The van der Waals surface area contributed by atoms with Gasteiger partial charge in [0, 0.05) is 25.8 Å². The van der Waals surface area contributed by atoms with Crippen LogP contribution in [-0.4, -0.2) is 61.1 Å². The Morgan fingerprint density at radius 2 is 1.79 bits per heavy atom. The molecule has 0 aliphatic carbocycles. The first-order valence-electron chi connectivity index (χ1n) is 11.0. The number of aromatic nitrogens is 5. The first kappa shape index (κ1) is 20.1. The monoisotopic (exact) mass is 448 g/mol. The molecular formula is C23H24N6O4. The lowest BCUT2D eigenvalue weighted by Gasteiger charge is -2.35. The molecule has 1 saturated heterocycles. The van der Waals surface area contributed by atoms with E-state index < -0.39 is 0 Å². The molecule has 0 amide bonds. The van der Waals surface area contributed by atoms with Gasteiger partial charge in [0.15, 0.2) is 17.1 Å². The molecule has 3 aromatic heterocycles. The third-order valence-corrected chi connectivity index (χ3v) is 6.06. The minimum absolute atomic E-state index is 0.192. The Labute approximate surface area is 189 Å². The first-order valence-corrected chi connectivity index (χ1v) is 11.0. The summed E-state index contributed by atoms with van der Waals surface area (Å²) in [6.07, 6.45) is 3.63. The number of fused-ring (bicyclic) bond motifs is 4. The van der Waals surface area contributed by atoms with Gasteiger partial charge < -0.3 is 14.2 Å². The van der Waals surface area contributed by atoms with Gasteiger partial charge in [-0.1, -0.05) is 6.07 Å². The zero-order valence-electron chi connectivity index (χ0n) is 18.5. The normalized spacial score (nSPS) is 20.7. The summed E-state index contributed by atoms with van der Waals surface area (Å²) in [6, 6.07) is 7.73. The van der Waals surface area contributed by atoms with Gasteiger partial charge >= 0.3 is 5.69 Å². The third kappa shape index (κ3) is 3.61. The summed E-state index contributed by atoms with van der Waals surface area (Å²) in [7, 11) is 0. The number of benzene rings is 1. The van der Waals surface area contributed by atoms with Gasteiger partial charge in [0.05, 0.1) is 24.1 Å². The summed E-state index contributed by atoms with van der Waals surface area (Å²) in [4.78, 5) is 24.6. The first-order chi connectivity index (χ1) is 16.0. The van der Waals surface area contributed by atoms with Gasteiger partial charge in [-0.25, -0.2) is 14.8 Å². The average Bonchev–Trinajstić information content (AvgIpc) is 3.45. The Bertz CT molecular complexity index is 1400. The van der Waals surface area contributed by atoms with Crippen molar-refractivity contribution in [3.05, 3.63) is 58.4 Å². The SMILES string of the molecule is C[C@@H]1CN(Cc2cnc3c(c2)c2ncnn2c(=O)n3Cc2ccc3c(c2)OCO3)C[C@H](C)O1. The van der Waals surface area contributed by atoms with E-state index in [9.17, 15) is 4.79 Å². The minimum Gasteiger partial charge on any atom is -0.454 e. The van der Waals surface area contributed by atoms with Crippen LogP contribution in [0.1, 0.15) is 25.0 Å². The van der Waals surface area contributed by atoms with Crippen LogP contribution >= 0.6 is 0 Å². The zero-order valence-corrected chi connectivity index (χ0v) is 18.5. The lowest BCUT2D eigenvalue weighted by atomic mass is 10.1. The second-order valence-electron chi connectivity index (χ2n) is 8.72. The molecule has 10 nitrogen and oxygen atoms in total. The maximum atomic E-state index is 13.2. The van der Waals surface area contributed by atoms with Crippen molar-refractivity contribution < 1.29 is 14.2 Å². The van der Waals surface area contributed by atoms with Crippen LogP contribution in [0.15, 0.2) is 41.6 Å². The highest BCUT2D eigenvalue weighted by Crippen LogP contribution is 2.32. The van der Waals surface area contributed by atoms with Crippen molar-refractivity contribution in [3.63, 3.8) is 0 Å². The largest absolute Gasteiger partial charge is 0.454 e. The molecule has 0 radical (unpaired) electrons. The molecule has 33 heavy (non-hydrogen) atoms. The van der Waals surface area contributed by atoms with Gasteiger partial charge in [-0.05, 0) is 43.2 Å². The van der Waals surface area contributed by atoms with Crippen LogP contribution in [0.3, 0.4) is 0 Å². The predicted octanol–water partition coefficient (Wildman–Crippen LogP) is 1.83. The Kier molecular flexibility index (Phi) is 4.77. The van der Waals surface area contributed by atoms with Crippen molar-refractivity contribution in [3.8, 4) is 11.5 Å². The van der Waals surface area contributed by atoms with Gasteiger partial charge in [-0.2, -0.15) is 9.61 Å². The second-order valence-corrected chi connectivity index (χ2v) is 8.72.